The lowest BCUT2D eigenvalue weighted by Gasteiger charge is -2.32. The van der Waals surface area contributed by atoms with Crippen LogP contribution in [0.2, 0.25) is 0 Å². The highest BCUT2D eigenvalue weighted by molar-refractivity contribution is 5.82. The molecule has 0 radical (unpaired) electrons. The van der Waals surface area contributed by atoms with Crippen molar-refractivity contribution in [3.05, 3.63) is 0 Å². The normalized spacial score (nSPS) is 28.4. The van der Waals surface area contributed by atoms with Crippen molar-refractivity contribution in [1.29, 1.82) is 0 Å². The van der Waals surface area contributed by atoms with Crippen LogP contribution in [0.1, 0.15) is 33.1 Å². The second-order valence-corrected chi connectivity index (χ2v) is 5.41. The van der Waals surface area contributed by atoms with Crippen molar-refractivity contribution in [1.82, 2.24) is 10.2 Å². The molecular formula is C14H26N2O2. The van der Waals surface area contributed by atoms with Crippen LogP contribution in [0.4, 0.5) is 0 Å². The van der Waals surface area contributed by atoms with Crippen LogP contribution in [0.5, 0.6) is 0 Å². The Morgan fingerprint density at radius 1 is 1.33 bits per heavy atom. The second-order valence-electron chi connectivity index (χ2n) is 5.41. The molecule has 4 nitrogen and oxygen atoms in total. The van der Waals surface area contributed by atoms with Crippen LogP contribution < -0.4 is 5.32 Å². The van der Waals surface area contributed by atoms with Crippen LogP contribution >= 0.6 is 0 Å². The first-order chi connectivity index (χ1) is 8.76. The van der Waals surface area contributed by atoms with Crippen LogP contribution in [-0.2, 0) is 9.53 Å². The minimum Gasteiger partial charge on any atom is -0.378 e. The molecule has 104 valence electrons. The zero-order valence-electron chi connectivity index (χ0n) is 11.7. The molecule has 0 spiro atoms. The Labute approximate surface area is 110 Å². The molecule has 2 aliphatic rings. The lowest BCUT2D eigenvalue weighted by Crippen LogP contribution is -2.41. The zero-order chi connectivity index (χ0) is 13.0. The number of hydrogen-bond donors (Lipinski definition) is 1. The number of carbonyl (C=O) groups excluding carboxylic acids is 1. The molecule has 0 aromatic carbocycles. The maximum atomic E-state index is 12.2. The number of hydrogen-bond acceptors (Lipinski definition) is 3. The van der Waals surface area contributed by atoms with E-state index in [0.717, 1.165) is 58.0 Å². The third-order valence-electron chi connectivity index (χ3n) is 4.04. The number of piperidine rings is 1. The maximum Gasteiger partial charge on any atom is 0.228 e. The molecule has 4 heteroatoms. The number of likely N-dealkylation sites (tertiary alicyclic amines) is 1. The van der Waals surface area contributed by atoms with Gasteiger partial charge in [-0.15, -0.1) is 0 Å². The number of amides is 1. The van der Waals surface area contributed by atoms with Crippen molar-refractivity contribution in [2.45, 2.75) is 39.2 Å². The second kappa shape index (κ2) is 6.53. The van der Waals surface area contributed by atoms with E-state index in [4.69, 9.17) is 4.74 Å². The molecule has 0 aromatic rings. The van der Waals surface area contributed by atoms with Gasteiger partial charge in [-0.25, -0.2) is 0 Å². The molecule has 1 saturated heterocycles. The summed E-state index contributed by atoms with van der Waals surface area (Å²) in [6, 6.07) is 0. The Bertz CT molecular complexity index is 275. The molecule has 0 bridgehead atoms. The zero-order valence-corrected chi connectivity index (χ0v) is 11.7. The minimum absolute atomic E-state index is 0.162. The molecule has 2 unspecified atom stereocenters. The van der Waals surface area contributed by atoms with Gasteiger partial charge in [-0.05, 0) is 45.2 Å². The van der Waals surface area contributed by atoms with Crippen molar-refractivity contribution in [2.75, 3.05) is 32.8 Å². The van der Waals surface area contributed by atoms with Gasteiger partial charge >= 0.3 is 0 Å². The van der Waals surface area contributed by atoms with Gasteiger partial charge in [-0.2, -0.15) is 0 Å². The first-order valence-electron chi connectivity index (χ1n) is 7.37. The van der Waals surface area contributed by atoms with E-state index < -0.39 is 0 Å². The molecule has 2 fully saturated rings. The van der Waals surface area contributed by atoms with E-state index >= 15 is 0 Å². The highest BCUT2D eigenvalue weighted by Gasteiger charge is 2.46. The van der Waals surface area contributed by atoms with Gasteiger partial charge in [0.15, 0.2) is 0 Å². The average molecular weight is 254 g/mol. The van der Waals surface area contributed by atoms with Gasteiger partial charge in [0.1, 0.15) is 0 Å². The molecule has 2 rings (SSSR count). The van der Waals surface area contributed by atoms with Gasteiger partial charge in [0, 0.05) is 19.7 Å². The van der Waals surface area contributed by atoms with E-state index in [-0.39, 0.29) is 12.0 Å². The first-order valence-corrected chi connectivity index (χ1v) is 7.37. The van der Waals surface area contributed by atoms with Crippen molar-refractivity contribution >= 4 is 5.91 Å². The molecule has 2 atom stereocenters. The van der Waals surface area contributed by atoms with Crippen LogP contribution in [0.25, 0.3) is 0 Å². The quantitative estimate of drug-likeness (QED) is 0.776. The standard InChI is InChI=1S/C14H26N2O2/c1-3-15-10-11-5-7-16(8-6-11)14(17)12-9-13(12)18-4-2/h11-13,15H,3-10H2,1-2H3. The number of carbonyl (C=O) groups is 1. The largest absolute Gasteiger partial charge is 0.378 e. The fraction of sp³-hybridized carbons (Fsp3) is 0.929. The van der Waals surface area contributed by atoms with Gasteiger partial charge in [0.2, 0.25) is 5.91 Å². The third kappa shape index (κ3) is 3.45. The number of ether oxygens (including phenoxy) is 1. The Kier molecular flexibility index (Phi) is 5.01. The van der Waals surface area contributed by atoms with Crippen molar-refractivity contribution < 1.29 is 9.53 Å². The van der Waals surface area contributed by atoms with Crippen LogP contribution in [-0.4, -0.2) is 49.7 Å². The van der Waals surface area contributed by atoms with Gasteiger partial charge in [-0.1, -0.05) is 6.92 Å². The van der Waals surface area contributed by atoms with Crippen molar-refractivity contribution in [3.63, 3.8) is 0 Å². The van der Waals surface area contributed by atoms with E-state index in [1.54, 1.807) is 0 Å². The summed E-state index contributed by atoms with van der Waals surface area (Å²) >= 11 is 0. The summed E-state index contributed by atoms with van der Waals surface area (Å²) in [7, 11) is 0. The molecule has 1 heterocycles. The summed E-state index contributed by atoms with van der Waals surface area (Å²) in [6.45, 7) is 8.86. The lowest BCUT2D eigenvalue weighted by molar-refractivity contribution is -0.135. The molecule has 18 heavy (non-hydrogen) atoms. The summed E-state index contributed by atoms with van der Waals surface area (Å²) in [5, 5.41) is 3.40. The molecule has 1 amide bonds. The van der Waals surface area contributed by atoms with Gasteiger partial charge in [-0.3, -0.25) is 4.79 Å². The summed E-state index contributed by atoms with van der Waals surface area (Å²) in [6.07, 6.45) is 3.43. The average Bonchev–Trinajstić information content (AvgIpc) is 3.16. The maximum absolute atomic E-state index is 12.2. The third-order valence-corrected chi connectivity index (χ3v) is 4.04. The predicted molar refractivity (Wildman–Crippen MR) is 71.4 cm³/mol. The smallest absolute Gasteiger partial charge is 0.228 e. The monoisotopic (exact) mass is 254 g/mol. The summed E-state index contributed by atoms with van der Waals surface area (Å²) < 4.78 is 5.49. The Morgan fingerprint density at radius 2 is 2.06 bits per heavy atom. The molecule has 1 N–H and O–H groups in total. The number of nitrogens with zero attached hydrogens (tertiary/aromatic N) is 1. The highest BCUT2D eigenvalue weighted by atomic mass is 16.5. The van der Waals surface area contributed by atoms with Crippen LogP contribution in [0, 0.1) is 11.8 Å². The Balaban J connectivity index is 1.68. The predicted octanol–water partition coefficient (Wildman–Crippen LogP) is 1.26. The topological polar surface area (TPSA) is 41.6 Å². The summed E-state index contributed by atoms with van der Waals surface area (Å²) in [5.41, 5.74) is 0. The molecule has 1 saturated carbocycles. The molecule has 1 aliphatic heterocycles. The van der Waals surface area contributed by atoms with Crippen molar-refractivity contribution in [2.24, 2.45) is 11.8 Å². The van der Waals surface area contributed by atoms with E-state index in [2.05, 4.69) is 12.2 Å². The summed E-state index contributed by atoms with van der Waals surface area (Å²) in [5.74, 6) is 1.24. The van der Waals surface area contributed by atoms with E-state index in [1.165, 1.54) is 0 Å². The van der Waals surface area contributed by atoms with Gasteiger partial charge in [0.05, 0.1) is 12.0 Å². The van der Waals surface area contributed by atoms with E-state index in [0.29, 0.717) is 5.91 Å². The van der Waals surface area contributed by atoms with E-state index in [1.807, 2.05) is 11.8 Å². The number of rotatable bonds is 6. The summed E-state index contributed by atoms with van der Waals surface area (Å²) in [4.78, 5) is 14.2. The Hall–Kier alpha value is -0.610. The van der Waals surface area contributed by atoms with E-state index in [9.17, 15) is 4.79 Å². The van der Waals surface area contributed by atoms with Crippen LogP contribution in [0.3, 0.4) is 0 Å². The van der Waals surface area contributed by atoms with Crippen molar-refractivity contribution in [3.8, 4) is 0 Å². The first kappa shape index (κ1) is 13.8. The molecule has 1 aliphatic carbocycles. The van der Waals surface area contributed by atoms with Gasteiger partial charge < -0.3 is 15.0 Å². The lowest BCUT2D eigenvalue weighted by atomic mass is 9.96. The SMILES string of the molecule is CCNCC1CCN(C(=O)C2CC2OCC)CC1. The molecular weight excluding hydrogens is 228 g/mol. The Morgan fingerprint density at radius 3 is 2.67 bits per heavy atom. The fourth-order valence-electron chi connectivity index (χ4n) is 2.77. The fourth-order valence-corrected chi connectivity index (χ4v) is 2.77. The number of nitrogens with one attached hydrogen (secondary N) is 1. The molecule has 0 aromatic heterocycles. The van der Waals surface area contributed by atoms with Crippen LogP contribution in [0.15, 0.2) is 0 Å². The minimum atomic E-state index is 0.162. The highest BCUT2D eigenvalue weighted by Crippen LogP contribution is 2.36. The van der Waals surface area contributed by atoms with Gasteiger partial charge in [0.25, 0.3) is 0 Å².